The van der Waals surface area contributed by atoms with Gasteiger partial charge in [0.1, 0.15) is 5.52 Å². The zero-order chi connectivity index (χ0) is 19.8. The van der Waals surface area contributed by atoms with Crippen LogP contribution in [0.5, 0.6) is 0 Å². The number of benzene rings is 3. The van der Waals surface area contributed by atoms with Crippen LogP contribution in [-0.2, 0) is 0 Å². The van der Waals surface area contributed by atoms with Gasteiger partial charge in [-0.3, -0.25) is 4.79 Å². The Balaban J connectivity index is 1.52. The summed E-state index contributed by atoms with van der Waals surface area (Å²) in [7, 11) is 0. The molecule has 0 radical (unpaired) electrons. The summed E-state index contributed by atoms with van der Waals surface area (Å²) in [6.07, 6.45) is 1.81. The number of anilines is 1. The molecule has 5 aromatic rings. The molecule has 0 saturated heterocycles. The fraction of sp³-hybridized carbons (Fsp3) is 0.0435. The molecule has 0 aliphatic heterocycles. The number of nitrogens with zero attached hydrogens (tertiary/aromatic N) is 4. The lowest BCUT2D eigenvalue weighted by atomic mass is 10.1. The molecule has 6 nitrogen and oxygen atoms in total. The molecule has 5 rings (SSSR count). The van der Waals surface area contributed by atoms with E-state index in [1.54, 1.807) is 10.7 Å². The molecular formula is C23H17N5O. The summed E-state index contributed by atoms with van der Waals surface area (Å²) in [6, 6.07) is 22.9. The number of aromatic nitrogens is 4. The molecule has 0 fully saturated rings. The average Bonchev–Trinajstić information content (AvgIpc) is 3.12. The molecule has 0 saturated carbocycles. The van der Waals surface area contributed by atoms with Crippen molar-refractivity contribution in [1.82, 2.24) is 19.7 Å². The standard InChI is InChI=1S/C23H17N5O/c1-15-21(14-28(27-15)16-8-3-2-4-9-16)26-23(29)17-10-7-13-20-22(17)25-19-12-6-5-11-18(19)24-20/h2-14H,1H3,(H,26,29). The fourth-order valence-corrected chi connectivity index (χ4v) is 3.31. The first-order valence-corrected chi connectivity index (χ1v) is 9.27. The summed E-state index contributed by atoms with van der Waals surface area (Å²) < 4.78 is 1.75. The van der Waals surface area contributed by atoms with Gasteiger partial charge < -0.3 is 5.32 Å². The molecule has 3 aromatic carbocycles. The number of carbonyl (C=O) groups excluding carboxylic acids is 1. The maximum Gasteiger partial charge on any atom is 0.258 e. The van der Waals surface area contributed by atoms with E-state index in [0.29, 0.717) is 22.3 Å². The third-order valence-electron chi connectivity index (χ3n) is 4.78. The van der Waals surface area contributed by atoms with Gasteiger partial charge in [0.2, 0.25) is 0 Å². The van der Waals surface area contributed by atoms with Gasteiger partial charge in [-0.25, -0.2) is 14.6 Å². The number of aryl methyl sites for hydroxylation is 1. The number of fused-ring (bicyclic) bond motifs is 2. The van der Waals surface area contributed by atoms with E-state index in [0.717, 1.165) is 22.4 Å². The second-order valence-electron chi connectivity index (χ2n) is 6.75. The van der Waals surface area contributed by atoms with Gasteiger partial charge in [0.15, 0.2) is 0 Å². The topological polar surface area (TPSA) is 72.7 Å². The Labute approximate surface area is 166 Å². The molecule has 1 amide bonds. The molecule has 6 heteroatoms. The summed E-state index contributed by atoms with van der Waals surface area (Å²) in [5.41, 5.74) is 5.63. The van der Waals surface area contributed by atoms with Crippen molar-refractivity contribution in [3.05, 3.63) is 90.3 Å². The molecule has 0 unspecified atom stereocenters. The summed E-state index contributed by atoms with van der Waals surface area (Å²) in [5, 5.41) is 7.47. The number of amides is 1. The highest BCUT2D eigenvalue weighted by molar-refractivity contribution is 6.12. The minimum absolute atomic E-state index is 0.240. The van der Waals surface area contributed by atoms with Crippen LogP contribution in [0.2, 0.25) is 0 Å². The normalized spacial score (nSPS) is 11.1. The molecule has 0 spiro atoms. The van der Waals surface area contributed by atoms with Crippen molar-refractivity contribution in [2.75, 3.05) is 5.32 Å². The Kier molecular flexibility index (Phi) is 4.02. The van der Waals surface area contributed by atoms with Crippen LogP contribution >= 0.6 is 0 Å². The third-order valence-corrected chi connectivity index (χ3v) is 4.78. The number of hydrogen-bond acceptors (Lipinski definition) is 4. The van der Waals surface area contributed by atoms with Gasteiger partial charge in [0.25, 0.3) is 5.91 Å². The zero-order valence-corrected chi connectivity index (χ0v) is 15.7. The minimum Gasteiger partial charge on any atom is -0.319 e. The van der Waals surface area contributed by atoms with E-state index < -0.39 is 0 Å². The van der Waals surface area contributed by atoms with E-state index in [4.69, 9.17) is 0 Å². The average molecular weight is 379 g/mol. The second-order valence-corrected chi connectivity index (χ2v) is 6.75. The highest BCUT2D eigenvalue weighted by atomic mass is 16.1. The Hall–Kier alpha value is -4.06. The van der Waals surface area contributed by atoms with E-state index in [1.807, 2.05) is 79.9 Å². The van der Waals surface area contributed by atoms with E-state index in [1.165, 1.54) is 0 Å². The van der Waals surface area contributed by atoms with Crippen molar-refractivity contribution in [1.29, 1.82) is 0 Å². The number of rotatable bonds is 3. The molecule has 140 valence electrons. The van der Waals surface area contributed by atoms with Gasteiger partial charge in [-0.15, -0.1) is 0 Å². The largest absolute Gasteiger partial charge is 0.319 e. The van der Waals surface area contributed by atoms with Crippen molar-refractivity contribution in [2.45, 2.75) is 6.92 Å². The molecule has 29 heavy (non-hydrogen) atoms. The van der Waals surface area contributed by atoms with Crippen LogP contribution in [0.4, 0.5) is 5.69 Å². The molecule has 1 N–H and O–H groups in total. The van der Waals surface area contributed by atoms with Crippen molar-refractivity contribution < 1.29 is 4.79 Å². The zero-order valence-electron chi connectivity index (χ0n) is 15.7. The molecule has 2 aromatic heterocycles. The first kappa shape index (κ1) is 17.1. The van der Waals surface area contributed by atoms with Crippen LogP contribution in [0, 0.1) is 6.92 Å². The monoisotopic (exact) mass is 379 g/mol. The molecular weight excluding hydrogens is 362 g/mol. The van der Waals surface area contributed by atoms with E-state index >= 15 is 0 Å². The summed E-state index contributed by atoms with van der Waals surface area (Å²) in [4.78, 5) is 22.3. The smallest absolute Gasteiger partial charge is 0.258 e. The number of carbonyl (C=O) groups is 1. The molecule has 0 aliphatic carbocycles. The van der Waals surface area contributed by atoms with Gasteiger partial charge in [-0.1, -0.05) is 36.4 Å². The molecule has 0 aliphatic rings. The van der Waals surface area contributed by atoms with Crippen LogP contribution in [-0.4, -0.2) is 25.7 Å². The highest BCUT2D eigenvalue weighted by Gasteiger charge is 2.15. The lowest BCUT2D eigenvalue weighted by Gasteiger charge is -2.07. The Morgan fingerprint density at radius 3 is 2.31 bits per heavy atom. The lowest BCUT2D eigenvalue weighted by Crippen LogP contribution is -2.13. The minimum atomic E-state index is -0.240. The Bertz CT molecular complexity index is 1360. The van der Waals surface area contributed by atoms with E-state index in [2.05, 4.69) is 20.4 Å². The molecule has 0 atom stereocenters. The van der Waals surface area contributed by atoms with Gasteiger partial charge in [0, 0.05) is 0 Å². The third kappa shape index (κ3) is 3.10. The predicted molar refractivity (Wildman–Crippen MR) is 113 cm³/mol. The fourth-order valence-electron chi connectivity index (χ4n) is 3.31. The number of hydrogen-bond donors (Lipinski definition) is 1. The number of para-hydroxylation sites is 4. The summed E-state index contributed by atoms with van der Waals surface area (Å²) >= 11 is 0. The van der Waals surface area contributed by atoms with Crippen LogP contribution in [0.1, 0.15) is 16.1 Å². The predicted octanol–water partition coefficient (Wildman–Crippen LogP) is 4.53. The first-order chi connectivity index (χ1) is 14.2. The van der Waals surface area contributed by atoms with Crippen LogP contribution in [0.25, 0.3) is 27.8 Å². The van der Waals surface area contributed by atoms with Crippen LogP contribution in [0.3, 0.4) is 0 Å². The molecule has 2 heterocycles. The van der Waals surface area contributed by atoms with Gasteiger partial charge >= 0.3 is 0 Å². The Morgan fingerprint density at radius 1 is 0.828 bits per heavy atom. The molecule has 0 bridgehead atoms. The van der Waals surface area contributed by atoms with E-state index in [9.17, 15) is 4.79 Å². The van der Waals surface area contributed by atoms with E-state index in [-0.39, 0.29) is 5.91 Å². The highest BCUT2D eigenvalue weighted by Crippen LogP contribution is 2.22. The SMILES string of the molecule is Cc1nn(-c2ccccc2)cc1NC(=O)c1cccc2nc3ccccc3nc12. The maximum atomic E-state index is 13.0. The van der Waals surface area contributed by atoms with Crippen LogP contribution in [0.15, 0.2) is 79.0 Å². The van der Waals surface area contributed by atoms with Gasteiger partial charge in [-0.05, 0) is 43.3 Å². The summed E-state index contributed by atoms with van der Waals surface area (Å²) in [5.74, 6) is -0.240. The van der Waals surface area contributed by atoms with Crippen molar-refractivity contribution in [3.8, 4) is 5.69 Å². The van der Waals surface area contributed by atoms with Crippen LogP contribution < -0.4 is 5.32 Å². The van der Waals surface area contributed by atoms with Gasteiger partial charge in [0.05, 0.1) is 45.4 Å². The first-order valence-electron chi connectivity index (χ1n) is 9.27. The van der Waals surface area contributed by atoms with Crippen molar-refractivity contribution >= 4 is 33.7 Å². The lowest BCUT2D eigenvalue weighted by molar-refractivity contribution is 0.102. The quantitative estimate of drug-likeness (QED) is 0.468. The van der Waals surface area contributed by atoms with Crippen molar-refractivity contribution in [3.63, 3.8) is 0 Å². The number of nitrogens with one attached hydrogen (secondary N) is 1. The second kappa shape index (κ2) is 6.83. The van der Waals surface area contributed by atoms with Crippen molar-refractivity contribution in [2.24, 2.45) is 0 Å². The maximum absolute atomic E-state index is 13.0. The Morgan fingerprint density at radius 2 is 1.52 bits per heavy atom. The van der Waals surface area contributed by atoms with Gasteiger partial charge in [-0.2, -0.15) is 5.10 Å². The summed E-state index contributed by atoms with van der Waals surface area (Å²) in [6.45, 7) is 1.87.